The van der Waals surface area contributed by atoms with Crippen LogP contribution >= 0.6 is 0 Å². The molecule has 1 aliphatic heterocycles. The molecule has 2 unspecified atom stereocenters. The van der Waals surface area contributed by atoms with Crippen molar-refractivity contribution in [2.45, 2.75) is 57.5 Å². The third kappa shape index (κ3) is 4.26. The number of carbonyl (C=O) groups excluding carboxylic acids is 2. The average molecular weight is 358 g/mol. The lowest BCUT2D eigenvalue weighted by Crippen LogP contribution is -2.50. The molecule has 5 nitrogen and oxygen atoms in total. The summed E-state index contributed by atoms with van der Waals surface area (Å²) in [4.78, 5) is 27.5. The Bertz CT molecular complexity index is 623. The fourth-order valence-electron chi connectivity index (χ4n) is 4.23. The molecule has 142 valence electrons. The molecule has 3 rings (SSSR count). The number of aryl methyl sites for hydroxylation is 1. The predicted octanol–water partition coefficient (Wildman–Crippen LogP) is 2.98. The molecule has 1 N–H and O–H groups in total. The minimum absolute atomic E-state index is 0.0948. The van der Waals surface area contributed by atoms with Crippen molar-refractivity contribution in [3.8, 4) is 0 Å². The average Bonchev–Trinajstić information content (AvgIpc) is 3.14. The van der Waals surface area contributed by atoms with Gasteiger partial charge < -0.3 is 15.0 Å². The maximum Gasteiger partial charge on any atom is 0.225 e. The maximum atomic E-state index is 13.1. The third-order valence-corrected chi connectivity index (χ3v) is 5.70. The molecular weight excluding hydrogens is 328 g/mol. The van der Waals surface area contributed by atoms with Crippen molar-refractivity contribution in [1.82, 2.24) is 10.2 Å². The third-order valence-electron chi connectivity index (χ3n) is 5.70. The second kappa shape index (κ2) is 8.67. The Hall–Kier alpha value is -1.88. The van der Waals surface area contributed by atoms with Crippen LogP contribution < -0.4 is 5.32 Å². The normalized spacial score (nSPS) is 24.1. The molecule has 0 spiro atoms. The molecule has 2 amide bonds. The van der Waals surface area contributed by atoms with Crippen LogP contribution in [0.5, 0.6) is 0 Å². The summed E-state index contributed by atoms with van der Waals surface area (Å²) < 4.78 is 5.21. The van der Waals surface area contributed by atoms with Crippen molar-refractivity contribution in [3.05, 3.63) is 35.4 Å². The van der Waals surface area contributed by atoms with E-state index >= 15 is 0 Å². The van der Waals surface area contributed by atoms with E-state index in [0.29, 0.717) is 32.0 Å². The molecule has 1 saturated heterocycles. The quantitative estimate of drug-likeness (QED) is 0.850. The number of amides is 2. The zero-order valence-electron chi connectivity index (χ0n) is 15.9. The Morgan fingerprint density at radius 2 is 1.88 bits per heavy atom. The minimum atomic E-state index is -0.214. The molecular formula is C21H30N2O3. The van der Waals surface area contributed by atoms with Crippen molar-refractivity contribution < 1.29 is 14.3 Å². The highest BCUT2D eigenvalue weighted by molar-refractivity contribution is 5.85. The highest BCUT2D eigenvalue weighted by Gasteiger charge is 2.40. The van der Waals surface area contributed by atoms with Crippen molar-refractivity contribution in [2.24, 2.45) is 5.92 Å². The number of hydrogen-bond donors (Lipinski definition) is 1. The van der Waals surface area contributed by atoms with Crippen LogP contribution in [0.4, 0.5) is 0 Å². The van der Waals surface area contributed by atoms with Gasteiger partial charge in [0.15, 0.2) is 0 Å². The van der Waals surface area contributed by atoms with E-state index in [1.165, 1.54) is 18.4 Å². The van der Waals surface area contributed by atoms with Crippen LogP contribution in [0.15, 0.2) is 24.3 Å². The molecule has 1 aliphatic carbocycles. The summed E-state index contributed by atoms with van der Waals surface area (Å²) in [6.07, 6.45) is 5.55. The number of carbonyl (C=O) groups is 2. The second-order valence-electron chi connectivity index (χ2n) is 7.57. The van der Waals surface area contributed by atoms with Gasteiger partial charge in [-0.1, -0.05) is 42.7 Å². The number of ether oxygens (including phenoxy) is 1. The standard InChI is InChI=1S/C21H30N2O3/c1-15-7-9-16(10-8-15)20-18(21(25)22-17-5-3-4-6-17)11-12-19(24)23(20)13-14-26-2/h7-10,17-18,20H,3-6,11-14H2,1-2H3,(H,22,25). The van der Waals surface area contributed by atoms with Gasteiger partial charge in [-0.05, 0) is 31.7 Å². The van der Waals surface area contributed by atoms with E-state index in [1.54, 1.807) is 7.11 Å². The molecule has 0 radical (unpaired) electrons. The van der Waals surface area contributed by atoms with E-state index in [9.17, 15) is 9.59 Å². The molecule has 0 bridgehead atoms. The van der Waals surface area contributed by atoms with Gasteiger partial charge in [0, 0.05) is 26.1 Å². The van der Waals surface area contributed by atoms with E-state index in [-0.39, 0.29) is 23.8 Å². The van der Waals surface area contributed by atoms with Crippen molar-refractivity contribution in [3.63, 3.8) is 0 Å². The number of nitrogens with zero attached hydrogens (tertiary/aromatic N) is 1. The van der Waals surface area contributed by atoms with Crippen LogP contribution in [0.25, 0.3) is 0 Å². The number of likely N-dealkylation sites (tertiary alicyclic amines) is 1. The lowest BCUT2D eigenvalue weighted by molar-refractivity contribution is -0.144. The lowest BCUT2D eigenvalue weighted by atomic mass is 9.83. The summed E-state index contributed by atoms with van der Waals surface area (Å²) in [6.45, 7) is 3.04. The van der Waals surface area contributed by atoms with Crippen LogP contribution in [-0.2, 0) is 14.3 Å². The second-order valence-corrected chi connectivity index (χ2v) is 7.57. The summed E-state index contributed by atoms with van der Waals surface area (Å²) in [6, 6.07) is 8.28. The highest BCUT2D eigenvalue weighted by Crippen LogP contribution is 2.37. The number of rotatable bonds is 6. The number of hydrogen-bond acceptors (Lipinski definition) is 3. The van der Waals surface area contributed by atoms with Gasteiger partial charge >= 0.3 is 0 Å². The fraction of sp³-hybridized carbons (Fsp3) is 0.619. The van der Waals surface area contributed by atoms with E-state index in [4.69, 9.17) is 4.74 Å². The first kappa shape index (κ1) is 18.9. The van der Waals surface area contributed by atoms with Gasteiger partial charge in [0.2, 0.25) is 11.8 Å². The fourth-order valence-corrected chi connectivity index (χ4v) is 4.23. The first-order valence-electron chi connectivity index (χ1n) is 9.75. The number of piperidine rings is 1. The van der Waals surface area contributed by atoms with Gasteiger partial charge in [0.1, 0.15) is 0 Å². The molecule has 1 saturated carbocycles. The zero-order chi connectivity index (χ0) is 18.5. The summed E-state index contributed by atoms with van der Waals surface area (Å²) in [5, 5.41) is 3.24. The summed E-state index contributed by atoms with van der Waals surface area (Å²) in [7, 11) is 1.64. The minimum Gasteiger partial charge on any atom is -0.383 e. The number of benzene rings is 1. The van der Waals surface area contributed by atoms with Crippen LogP contribution in [0.2, 0.25) is 0 Å². The van der Waals surface area contributed by atoms with E-state index in [0.717, 1.165) is 18.4 Å². The summed E-state index contributed by atoms with van der Waals surface area (Å²) >= 11 is 0. The molecule has 1 aromatic carbocycles. The van der Waals surface area contributed by atoms with Crippen LogP contribution in [0.3, 0.4) is 0 Å². The van der Waals surface area contributed by atoms with Crippen LogP contribution in [-0.4, -0.2) is 43.0 Å². The largest absolute Gasteiger partial charge is 0.383 e. The van der Waals surface area contributed by atoms with Gasteiger partial charge in [-0.15, -0.1) is 0 Å². The molecule has 2 atom stereocenters. The SMILES string of the molecule is COCCN1C(=O)CCC(C(=O)NC2CCCC2)C1c1ccc(C)cc1. The molecule has 1 heterocycles. The van der Waals surface area contributed by atoms with Gasteiger partial charge in [-0.25, -0.2) is 0 Å². The van der Waals surface area contributed by atoms with Crippen LogP contribution in [0.1, 0.15) is 55.7 Å². The molecule has 2 aliphatic rings. The molecule has 26 heavy (non-hydrogen) atoms. The maximum absolute atomic E-state index is 13.1. The monoisotopic (exact) mass is 358 g/mol. The smallest absolute Gasteiger partial charge is 0.225 e. The topological polar surface area (TPSA) is 58.6 Å². The van der Waals surface area contributed by atoms with Crippen molar-refractivity contribution in [2.75, 3.05) is 20.3 Å². The summed E-state index contributed by atoms with van der Waals surface area (Å²) in [5.74, 6) is 0.00259. The Labute approximate surface area is 156 Å². The van der Waals surface area contributed by atoms with Crippen molar-refractivity contribution >= 4 is 11.8 Å². The van der Waals surface area contributed by atoms with Crippen LogP contribution in [0, 0.1) is 12.8 Å². The van der Waals surface area contributed by atoms with Crippen molar-refractivity contribution in [1.29, 1.82) is 0 Å². The first-order valence-corrected chi connectivity index (χ1v) is 9.75. The predicted molar refractivity (Wildman–Crippen MR) is 101 cm³/mol. The van der Waals surface area contributed by atoms with E-state index in [2.05, 4.69) is 17.4 Å². The Morgan fingerprint density at radius 3 is 2.54 bits per heavy atom. The number of methoxy groups -OCH3 is 1. The Kier molecular flexibility index (Phi) is 6.30. The first-order chi connectivity index (χ1) is 12.6. The molecule has 1 aromatic rings. The Balaban J connectivity index is 1.85. The van der Waals surface area contributed by atoms with E-state index < -0.39 is 0 Å². The van der Waals surface area contributed by atoms with Gasteiger partial charge in [0.25, 0.3) is 0 Å². The highest BCUT2D eigenvalue weighted by atomic mass is 16.5. The molecule has 5 heteroatoms. The lowest BCUT2D eigenvalue weighted by Gasteiger charge is -2.41. The molecule has 2 fully saturated rings. The molecule has 0 aromatic heterocycles. The van der Waals surface area contributed by atoms with Gasteiger partial charge in [-0.2, -0.15) is 0 Å². The Morgan fingerprint density at radius 1 is 1.19 bits per heavy atom. The number of nitrogens with one attached hydrogen (secondary N) is 1. The van der Waals surface area contributed by atoms with Gasteiger partial charge in [0.05, 0.1) is 18.6 Å². The van der Waals surface area contributed by atoms with Gasteiger partial charge in [-0.3, -0.25) is 9.59 Å². The zero-order valence-corrected chi connectivity index (χ0v) is 15.9. The summed E-state index contributed by atoms with van der Waals surface area (Å²) in [5.41, 5.74) is 2.21. The van der Waals surface area contributed by atoms with E-state index in [1.807, 2.05) is 24.0 Å².